The van der Waals surface area contributed by atoms with Gasteiger partial charge in [0, 0.05) is 22.2 Å². The number of nitrogens with two attached hydrogens (primary N) is 1. The highest BCUT2D eigenvalue weighted by molar-refractivity contribution is 9.10. The molecule has 1 aliphatic heterocycles. The van der Waals surface area contributed by atoms with Crippen LogP contribution in [0.4, 0.5) is 5.69 Å². The Balaban J connectivity index is 1.67. The van der Waals surface area contributed by atoms with Crippen LogP contribution in [0.5, 0.6) is 5.75 Å². The largest absolute Gasteiger partial charge is 0.489 e. The normalized spacial score (nSPS) is 18.5. The number of allylic oxidation sites excluding steroid dienone is 3. The Hall–Kier alpha value is -3.82. The molecule has 1 atom stereocenters. The van der Waals surface area contributed by atoms with E-state index in [0.29, 0.717) is 36.4 Å². The van der Waals surface area contributed by atoms with E-state index < -0.39 is 5.92 Å². The lowest BCUT2D eigenvalue weighted by molar-refractivity contribution is -0.118. The molecule has 0 bridgehead atoms. The first-order chi connectivity index (χ1) is 19.0. The summed E-state index contributed by atoms with van der Waals surface area (Å²) in [6.45, 7) is 10.7. The lowest BCUT2D eigenvalue weighted by Gasteiger charge is -2.44. The number of ether oxygens (including phenoxy) is 1. The number of carbonyl (C=O) groups is 1. The minimum Gasteiger partial charge on any atom is -0.489 e. The van der Waals surface area contributed by atoms with Gasteiger partial charge in [0.15, 0.2) is 5.78 Å². The van der Waals surface area contributed by atoms with Crippen LogP contribution in [-0.2, 0) is 11.4 Å². The van der Waals surface area contributed by atoms with Gasteiger partial charge in [-0.05, 0) is 85.2 Å². The summed E-state index contributed by atoms with van der Waals surface area (Å²) in [4.78, 5) is 16.0. The molecule has 3 aromatic rings. The van der Waals surface area contributed by atoms with Crippen LogP contribution in [-0.4, -0.2) is 5.78 Å². The van der Waals surface area contributed by atoms with Gasteiger partial charge in [-0.2, -0.15) is 5.26 Å². The molecule has 0 saturated carbocycles. The van der Waals surface area contributed by atoms with Gasteiger partial charge < -0.3 is 10.5 Å². The summed E-state index contributed by atoms with van der Waals surface area (Å²) in [7, 11) is 0. The second-order valence-corrected chi connectivity index (χ2v) is 12.6. The van der Waals surface area contributed by atoms with Crippen LogP contribution in [0, 0.1) is 37.5 Å². The molecule has 5 rings (SSSR count). The summed E-state index contributed by atoms with van der Waals surface area (Å²) in [5, 5.41) is 10.5. The van der Waals surface area contributed by atoms with Crippen LogP contribution in [0.15, 0.2) is 87.8 Å². The number of ketones is 1. The Morgan fingerprint density at radius 3 is 2.45 bits per heavy atom. The topological polar surface area (TPSA) is 79.3 Å². The Bertz CT molecular complexity index is 1610. The van der Waals surface area contributed by atoms with E-state index in [0.717, 1.165) is 49.4 Å². The van der Waals surface area contributed by atoms with Gasteiger partial charge in [0.05, 0.1) is 23.2 Å². The van der Waals surface area contributed by atoms with Crippen molar-refractivity contribution < 1.29 is 9.53 Å². The fourth-order valence-corrected chi connectivity index (χ4v) is 6.28. The summed E-state index contributed by atoms with van der Waals surface area (Å²) < 4.78 is 7.12. The van der Waals surface area contributed by atoms with Crippen molar-refractivity contribution in [1.29, 1.82) is 5.26 Å². The molecule has 0 saturated heterocycles. The quantitative estimate of drug-likeness (QED) is 0.324. The van der Waals surface area contributed by atoms with Crippen LogP contribution in [0.2, 0.25) is 0 Å². The zero-order valence-electron chi connectivity index (χ0n) is 23.6. The zero-order chi connectivity index (χ0) is 28.8. The molecule has 0 spiro atoms. The predicted molar refractivity (Wildman–Crippen MR) is 163 cm³/mol. The van der Waals surface area contributed by atoms with Crippen molar-refractivity contribution in [1.82, 2.24) is 0 Å². The molecule has 204 valence electrons. The highest BCUT2D eigenvalue weighted by Crippen LogP contribution is 2.51. The average Bonchev–Trinajstić information content (AvgIpc) is 2.89. The Morgan fingerprint density at radius 2 is 1.77 bits per heavy atom. The molecule has 3 aromatic carbocycles. The van der Waals surface area contributed by atoms with Crippen LogP contribution in [0.1, 0.15) is 60.4 Å². The number of Topliss-reactive ketones (excluding diaryl/α,β-unsaturated/α-hetero) is 1. The number of aryl methyl sites for hydroxylation is 2. The summed E-state index contributed by atoms with van der Waals surface area (Å²) in [6, 6.07) is 22.3. The number of nitriles is 1. The van der Waals surface area contributed by atoms with Crippen LogP contribution >= 0.6 is 15.9 Å². The zero-order valence-corrected chi connectivity index (χ0v) is 25.2. The summed E-state index contributed by atoms with van der Waals surface area (Å²) in [5.74, 6) is 0.701. The van der Waals surface area contributed by atoms with Gasteiger partial charge in [-0.3, -0.25) is 9.69 Å². The Morgan fingerprint density at radius 1 is 1.07 bits per heavy atom. The van der Waals surface area contributed by atoms with Crippen LogP contribution < -0.4 is 15.4 Å². The second-order valence-electron chi connectivity index (χ2n) is 11.6. The van der Waals surface area contributed by atoms with Crippen molar-refractivity contribution in [2.24, 2.45) is 11.1 Å². The molecule has 1 unspecified atom stereocenters. The van der Waals surface area contributed by atoms with Crippen LogP contribution in [0.25, 0.3) is 0 Å². The van der Waals surface area contributed by atoms with Gasteiger partial charge in [-0.15, -0.1) is 0 Å². The lowest BCUT2D eigenvalue weighted by atomic mass is 9.67. The number of hydrogen-bond acceptors (Lipinski definition) is 5. The highest BCUT2D eigenvalue weighted by Gasteiger charge is 2.45. The third kappa shape index (κ3) is 5.07. The third-order valence-electron chi connectivity index (χ3n) is 7.96. The number of anilines is 1. The van der Waals surface area contributed by atoms with E-state index in [1.807, 2.05) is 74.2 Å². The van der Waals surface area contributed by atoms with Crippen molar-refractivity contribution in [3.63, 3.8) is 0 Å². The lowest BCUT2D eigenvalue weighted by Crippen LogP contribution is -2.42. The molecule has 1 heterocycles. The van der Waals surface area contributed by atoms with Crippen molar-refractivity contribution in [3.8, 4) is 11.8 Å². The first-order valence-electron chi connectivity index (χ1n) is 13.5. The van der Waals surface area contributed by atoms with Crippen molar-refractivity contribution in [2.75, 3.05) is 4.90 Å². The SMILES string of the molecule is Cc1cc(COc2ccc(Br)cc2)c(C)c(C2C(C#N)=C(N)N(c3ccccc3C)C3=C2C(=O)CC(C)(C)C3)c1. The van der Waals surface area contributed by atoms with Crippen LogP contribution in [0.3, 0.4) is 0 Å². The van der Waals surface area contributed by atoms with E-state index in [-0.39, 0.29) is 11.2 Å². The van der Waals surface area contributed by atoms with Gasteiger partial charge in [0.1, 0.15) is 18.2 Å². The van der Waals surface area contributed by atoms with Gasteiger partial charge in [-0.1, -0.05) is 65.7 Å². The molecular formula is C34H34BrN3O2. The predicted octanol–water partition coefficient (Wildman–Crippen LogP) is 7.89. The Labute approximate surface area is 245 Å². The molecule has 2 N–H and O–H groups in total. The van der Waals surface area contributed by atoms with E-state index in [9.17, 15) is 10.1 Å². The number of para-hydroxylation sites is 1. The van der Waals surface area contributed by atoms with E-state index in [1.165, 1.54) is 0 Å². The van der Waals surface area contributed by atoms with Gasteiger partial charge in [0.2, 0.25) is 0 Å². The second kappa shape index (κ2) is 10.6. The maximum atomic E-state index is 14.0. The van der Waals surface area contributed by atoms with Crippen molar-refractivity contribution in [2.45, 2.75) is 60.0 Å². The molecule has 40 heavy (non-hydrogen) atoms. The number of benzene rings is 3. The standard InChI is InChI=1S/C34H34BrN3O2/c1-20-14-23(19-40-25-12-10-24(35)11-13-25)22(3)26(15-20)31-27(18-36)33(37)38(28-9-7-6-8-21(28)2)29-16-34(4,5)17-30(39)32(29)31/h6-15,31H,16-17,19,37H2,1-5H3. The number of carbonyl (C=O) groups excluding carboxylic acids is 1. The molecule has 6 heteroatoms. The minimum absolute atomic E-state index is 0.0728. The fraction of sp³-hybridized carbons (Fsp3) is 0.294. The molecule has 5 nitrogen and oxygen atoms in total. The highest BCUT2D eigenvalue weighted by atomic mass is 79.9. The van der Waals surface area contributed by atoms with Crippen molar-refractivity contribution >= 4 is 27.4 Å². The first-order valence-corrected chi connectivity index (χ1v) is 14.3. The monoisotopic (exact) mass is 595 g/mol. The first kappa shape index (κ1) is 27.7. The molecule has 0 aromatic heterocycles. The molecule has 0 fully saturated rings. The van der Waals surface area contributed by atoms with E-state index in [4.69, 9.17) is 10.5 Å². The molecule has 2 aliphatic rings. The van der Waals surface area contributed by atoms with E-state index in [1.54, 1.807) is 0 Å². The minimum atomic E-state index is -0.532. The molecule has 0 amide bonds. The number of nitrogens with zero attached hydrogens (tertiary/aromatic N) is 2. The Kier molecular flexibility index (Phi) is 7.37. The van der Waals surface area contributed by atoms with E-state index >= 15 is 0 Å². The van der Waals surface area contributed by atoms with Gasteiger partial charge in [0.25, 0.3) is 0 Å². The summed E-state index contributed by atoms with van der Waals surface area (Å²) >= 11 is 3.46. The molecular weight excluding hydrogens is 562 g/mol. The maximum Gasteiger partial charge on any atom is 0.162 e. The summed E-state index contributed by atoms with van der Waals surface area (Å²) in [6.07, 6.45) is 1.11. The average molecular weight is 597 g/mol. The summed E-state index contributed by atoms with van der Waals surface area (Å²) in [5.41, 5.74) is 14.6. The number of halogens is 1. The number of rotatable bonds is 5. The maximum absolute atomic E-state index is 14.0. The van der Waals surface area contributed by atoms with E-state index in [2.05, 4.69) is 48.0 Å². The van der Waals surface area contributed by atoms with Crippen molar-refractivity contribution in [3.05, 3.63) is 116 Å². The smallest absolute Gasteiger partial charge is 0.162 e. The molecule has 1 aliphatic carbocycles. The fourth-order valence-electron chi connectivity index (χ4n) is 6.01. The number of hydrogen-bond donors (Lipinski definition) is 1. The third-order valence-corrected chi connectivity index (χ3v) is 8.48. The van der Waals surface area contributed by atoms with Gasteiger partial charge >= 0.3 is 0 Å². The molecule has 0 radical (unpaired) electrons. The van der Waals surface area contributed by atoms with Gasteiger partial charge in [-0.25, -0.2) is 0 Å².